The summed E-state index contributed by atoms with van der Waals surface area (Å²) in [6.45, 7) is 40.8. The van der Waals surface area contributed by atoms with Crippen molar-refractivity contribution in [2.45, 2.75) is 160 Å². The molecule has 0 bridgehead atoms. The van der Waals surface area contributed by atoms with Crippen LogP contribution in [-0.4, -0.2) is 169 Å². The van der Waals surface area contributed by atoms with Crippen LogP contribution in [0.25, 0.3) is 0 Å². The molecule has 0 aromatic heterocycles. The first-order valence-corrected chi connectivity index (χ1v) is 41.3. The zero-order chi connectivity index (χ0) is 43.4. The molecule has 2 atom stereocenters. The van der Waals surface area contributed by atoms with Gasteiger partial charge < -0.3 is 58.3 Å². The molecule has 348 valence electrons. The summed E-state index contributed by atoms with van der Waals surface area (Å²) in [6.07, 6.45) is 2.00. The van der Waals surface area contributed by atoms with Crippen LogP contribution in [-0.2, 0) is 31.9 Å². The van der Waals surface area contributed by atoms with Crippen molar-refractivity contribution < 1.29 is 47.2 Å². The standard InChI is InChI=1S/C19H47NO5Si3.C15H36O3Si3.C4H11NO2.CH4/c1-26(2,3)15-16-28(6,7)25-27(4,5)14-8-11-24-18-19(22)17-20-9-12-23-13-10-21;1-19(2,3)11-12-21(6,7)18-20(4,5)10-8-9-16-13-15-14-17-15;5-1-3-7-4-2-6;/h19-22H,8-18H2,1-7H3;15H,8-14H2,1-7H3;6H,1-5H2;1H4. The molecule has 0 aliphatic carbocycles. The van der Waals surface area contributed by atoms with Gasteiger partial charge in [-0.05, 0) is 89.4 Å². The van der Waals surface area contributed by atoms with Crippen LogP contribution in [0.15, 0.2) is 0 Å². The quantitative estimate of drug-likeness (QED) is 0.0255. The van der Waals surface area contributed by atoms with E-state index in [0.29, 0.717) is 65.4 Å². The highest BCUT2D eigenvalue weighted by Crippen LogP contribution is 2.28. The molecular formula is C39H98N2O10Si6. The fourth-order valence-electron chi connectivity index (χ4n) is 5.74. The lowest BCUT2D eigenvalue weighted by atomic mass is 10.4. The Morgan fingerprint density at radius 2 is 1.02 bits per heavy atom. The first kappa shape index (κ1) is 62.1. The molecule has 6 N–H and O–H groups in total. The summed E-state index contributed by atoms with van der Waals surface area (Å²) in [5.41, 5.74) is 5.06. The summed E-state index contributed by atoms with van der Waals surface area (Å²) in [6, 6.07) is 7.68. The maximum atomic E-state index is 9.91. The van der Waals surface area contributed by atoms with Gasteiger partial charge in [-0.3, -0.25) is 0 Å². The number of aliphatic hydroxyl groups excluding tert-OH is 3. The fourth-order valence-corrected chi connectivity index (χ4v) is 32.1. The number of aliphatic hydroxyl groups is 3. The van der Waals surface area contributed by atoms with Crippen molar-refractivity contribution >= 4 is 49.4 Å². The van der Waals surface area contributed by atoms with Gasteiger partial charge in [0.2, 0.25) is 0 Å². The van der Waals surface area contributed by atoms with Crippen LogP contribution in [0.4, 0.5) is 0 Å². The largest absolute Gasteiger partial charge is 0.456 e. The molecule has 0 amide bonds. The predicted octanol–water partition coefficient (Wildman–Crippen LogP) is 7.26. The molecule has 0 saturated carbocycles. The highest BCUT2D eigenvalue weighted by atomic mass is 28.4. The van der Waals surface area contributed by atoms with Crippen molar-refractivity contribution in [3.63, 3.8) is 0 Å². The van der Waals surface area contributed by atoms with E-state index >= 15 is 0 Å². The molecule has 2 unspecified atom stereocenters. The minimum atomic E-state index is -1.66. The smallest absolute Gasteiger partial charge is 0.173 e. The van der Waals surface area contributed by atoms with Gasteiger partial charge in [0.1, 0.15) is 6.10 Å². The van der Waals surface area contributed by atoms with Gasteiger partial charge in [-0.2, -0.15) is 0 Å². The third-order valence-electron chi connectivity index (χ3n) is 8.75. The number of nitrogens with two attached hydrogens (primary N) is 1. The lowest BCUT2D eigenvalue weighted by Crippen LogP contribution is -2.45. The molecule has 1 heterocycles. The summed E-state index contributed by atoms with van der Waals surface area (Å²) in [4.78, 5) is 0. The Labute approximate surface area is 358 Å². The van der Waals surface area contributed by atoms with E-state index in [0.717, 1.165) is 38.7 Å². The van der Waals surface area contributed by atoms with E-state index in [4.69, 9.17) is 47.9 Å². The number of epoxide rings is 1. The second-order valence-corrected chi connectivity index (χ2v) is 48.9. The maximum Gasteiger partial charge on any atom is 0.173 e. The maximum absolute atomic E-state index is 9.91. The van der Waals surface area contributed by atoms with Crippen molar-refractivity contribution in [1.82, 2.24) is 5.32 Å². The first-order chi connectivity index (χ1) is 25.8. The topological polar surface area (TPSA) is 167 Å². The SMILES string of the molecule is C.C[Si](C)(C)CC[Si](C)(C)O[Si](C)(C)CCCOCC(O)CNCCOCCO.C[Si](C)(C)CC[Si](C)(C)O[Si](C)(C)CCCOCC1CO1.NCCOCCO. The van der Waals surface area contributed by atoms with Gasteiger partial charge in [0.25, 0.3) is 0 Å². The second-order valence-electron chi connectivity index (χ2n) is 20.0. The lowest BCUT2D eigenvalue weighted by Gasteiger charge is -2.35. The van der Waals surface area contributed by atoms with Gasteiger partial charge in [-0.25, -0.2) is 0 Å². The molecular weight excluding hydrogens is 825 g/mol. The van der Waals surface area contributed by atoms with Crippen LogP contribution < -0.4 is 11.1 Å². The van der Waals surface area contributed by atoms with Crippen LogP contribution in [0.3, 0.4) is 0 Å². The Morgan fingerprint density at radius 3 is 1.42 bits per heavy atom. The van der Waals surface area contributed by atoms with E-state index in [2.05, 4.69) is 97.0 Å². The van der Waals surface area contributed by atoms with Crippen molar-refractivity contribution in [1.29, 1.82) is 0 Å². The predicted molar refractivity (Wildman–Crippen MR) is 259 cm³/mol. The van der Waals surface area contributed by atoms with E-state index in [9.17, 15) is 5.11 Å². The zero-order valence-corrected chi connectivity index (χ0v) is 45.0. The molecule has 1 aliphatic heterocycles. The van der Waals surface area contributed by atoms with Crippen LogP contribution >= 0.6 is 0 Å². The van der Waals surface area contributed by atoms with Gasteiger partial charge in [-0.1, -0.05) is 58.8 Å². The van der Waals surface area contributed by atoms with Gasteiger partial charge in [-0.15, -0.1) is 0 Å². The van der Waals surface area contributed by atoms with Crippen molar-refractivity contribution in [3.05, 3.63) is 0 Å². The average Bonchev–Trinajstić information content (AvgIpc) is 3.88. The number of nitrogens with one attached hydrogen (secondary N) is 1. The summed E-state index contributed by atoms with van der Waals surface area (Å²) >= 11 is 0. The highest BCUT2D eigenvalue weighted by molar-refractivity contribution is 6.87. The highest BCUT2D eigenvalue weighted by Gasteiger charge is 2.35. The number of hydrogen-bond donors (Lipinski definition) is 5. The Kier molecular flexibility index (Phi) is 36.4. The molecule has 18 heteroatoms. The zero-order valence-electron chi connectivity index (χ0n) is 39.0. The average molecular weight is 924 g/mol. The molecule has 1 rings (SSSR count). The molecule has 0 spiro atoms. The summed E-state index contributed by atoms with van der Waals surface area (Å²) in [5.74, 6) is 0. The van der Waals surface area contributed by atoms with Crippen molar-refractivity contribution in [2.75, 3.05) is 92.3 Å². The van der Waals surface area contributed by atoms with Crippen molar-refractivity contribution in [3.8, 4) is 0 Å². The number of ether oxygens (including phenoxy) is 5. The van der Waals surface area contributed by atoms with E-state index < -0.39 is 55.5 Å². The number of hydrogen-bond acceptors (Lipinski definition) is 12. The molecule has 57 heavy (non-hydrogen) atoms. The second kappa shape index (κ2) is 33.4. The van der Waals surface area contributed by atoms with E-state index in [1.165, 1.54) is 30.2 Å². The summed E-state index contributed by atoms with van der Waals surface area (Å²) < 4.78 is 39.7. The fraction of sp³-hybridized carbons (Fsp3) is 1.00. The van der Waals surface area contributed by atoms with E-state index in [-0.39, 0.29) is 20.6 Å². The molecule has 0 aromatic rings. The van der Waals surface area contributed by atoms with E-state index in [1.54, 1.807) is 0 Å². The minimum absolute atomic E-state index is 0. The van der Waals surface area contributed by atoms with Gasteiger partial charge in [0, 0.05) is 49.0 Å². The van der Waals surface area contributed by atoms with Crippen LogP contribution in [0.1, 0.15) is 20.3 Å². The molecule has 0 radical (unpaired) electrons. The summed E-state index contributed by atoms with van der Waals surface area (Å²) in [7, 11) is -8.21. The minimum Gasteiger partial charge on any atom is -0.456 e. The monoisotopic (exact) mass is 923 g/mol. The van der Waals surface area contributed by atoms with Crippen LogP contribution in [0.2, 0.25) is 128 Å². The lowest BCUT2D eigenvalue weighted by molar-refractivity contribution is 0.0352. The van der Waals surface area contributed by atoms with Crippen LogP contribution in [0.5, 0.6) is 0 Å². The van der Waals surface area contributed by atoms with Gasteiger partial charge in [0.05, 0.1) is 65.6 Å². The Bertz CT molecular complexity index is 921. The first-order valence-electron chi connectivity index (χ1n) is 21.4. The third-order valence-corrected chi connectivity index (χ3v) is 28.1. The Morgan fingerprint density at radius 1 is 0.596 bits per heavy atom. The molecule has 0 aromatic carbocycles. The van der Waals surface area contributed by atoms with Crippen molar-refractivity contribution in [2.24, 2.45) is 5.73 Å². The van der Waals surface area contributed by atoms with E-state index in [1.807, 2.05) is 0 Å². The number of rotatable bonds is 33. The Balaban J connectivity index is -0.000000883. The Hall–Kier alpha value is 0.821. The molecule has 1 saturated heterocycles. The molecule has 12 nitrogen and oxygen atoms in total. The third kappa shape index (κ3) is 47.7. The normalized spacial score (nSPS) is 15.6. The molecule has 1 fully saturated rings. The van der Waals surface area contributed by atoms with Gasteiger partial charge >= 0.3 is 0 Å². The summed E-state index contributed by atoms with van der Waals surface area (Å²) in [5, 5.41) is 29.8. The molecule has 1 aliphatic rings. The van der Waals surface area contributed by atoms with Gasteiger partial charge in [0.15, 0.2) is 33.3 Å². The van der Waals surface area contributed by atoms with Crippen LogP contribution in [0, 0.1) is 0 Å².